The third-order valence-electron chi connectivity index (χ3n) is 1.19. The molecule has 0 amide bonds. The number of rotatable bonds is 3. The summed E-state index contributed by atoms with van der Waals surface area (Å²) in [6.45, 7) is 7.29. The van der Waals surface area contributed by atoms with Crippen LogP contribution < -0.4 is 0 Å². The van der Waals surface area contributed by atoms with Crippen LogP contribution in [-0.4, -0.2) is 16.7 Å². The van der Waals surface area contributed by atoms with Crippen molar-refractivity contribution in [3.8, 4) is 0 Å². The predicted octanol–water partition coefficient (Wildman–Crippen LogP) is 2.57. The monoisotopic (exact) mass is 186 g/mol. The van der Waals surface area contributed by atoms with Crippen molar-refractivity contribution < 1.29 is 14.6 Å². The van der Waals surface area contributed by atoms with Crippen LogP contribution in [0.2, 0.25) is 0 Å². The van der Waals surface area contributed by atoms with Crippen LogP contribution in [0.4, 0.5) is 0 Å². The minimum Gasteiger partial charge on any atom is -0.512 e. The molecule has 0 aliphatic rings. The summed E-state index contributed by atoms with van der Waals surface area (Å²) < 4.78 is 5.01. The minimum atomic E-state index is -0.483. The Morgan fingerprint density at radius 1 is 1.46 bits per heavy atom. The first-order chi connectivity index (χ1) is 5.85. The van der Waals surface area contributed by atoms with E-state index in [2.05, 4.69) is 0 Å². The molecule has 13 heavy (non-hydrogen) atoms. The highest BCUT2D eigenvalue weighted by Gasteiger charge is 2.16. The van der Waals surface area contributed by atoms with Crippen LogP contribution in [-0.2, 0) is 9.53 Å². The summed E-state index contributed by atoms with van der Waals surface area (Å²) >= 11 is 0. The van der Waals surface area contributed by atoms with E-state index in [4.69, 9.17) is 4.74 Å². The molecule has 0 saturated heterocycles. The van der Waals surface area contributed by atoms with Crippen LogP contribution in [0.5, 0.6) is 0 Å². The largest absolute Gasteiger partial charge is 0.512 e. The number of aliphatic hydroxyl groups excluding tert-OH is 1. The zero-order valence-corrected chi connectivity index (χ0v) is 8.76. The molecular formula is C10H18O3. The van der Waals surface area contributed by atoms with Gasteiger partial charge in [0.05, 0.1) is 5.76 Å². The van der Waals surface area contributed by atoms with Gasteiger partial charge in [-0.15, -0.1) is 0 Å². The standard InChI is InChI=1S/C10H18O3/c1-5-6-8(11)7-9(12)13-10(2,3)4/h6,11H,5,7H2,1-4H3. The summed E-state index contributed by atoms with van der Waals surface area (Å²) in [5, 5.41) is 9.18. The Balaban J connectivity index is 3.96. The van der Waals surface area contributed by atoms with Crippen molar-refractivity contribution in [2.45, 2.75) is 46.1 Å². The maximum absolute atomic E-state index is 11.1. The van der Waals surface area contributed by atoms with E-state index in [0.717, 1.165) is 0 Å². The van der Waals surface area contributed by atoms with Gasteiger partial charge in [-0.1, -0.05) is 6.92 Å². The average molecular weight is 186 g/mol. The van der Waals surface area contributed by atoms with Gasteiger partial charge in [0, 0.05) is 0 Å². The van der Waals surface area contributed by atoms with Gasteiger partial charge in [0.1, 0.15) is 12.0 Å². The third kappa shape index (κ3) is 7.37. The number of hydrogen-bond acceptors (Lipinski definition) is 3. The molecule has 3 heteroatoms. The van der Waals surface area contributed by atoms with Crippen LogP contribution in [0.15, 0.2) is 11.8 Å². The second-order valence-electron chi connectivity index (χ2n) is 3.87. The number of hydrogen-bond donors (Lipinski definition) is 1. The van der Waals surface area contributed by atoms with E-state index < -0.39 is 11.6 Å². The molecule has 0 aliphatic carbocycles. The van der Waals surface area contributed by atoms with Crippen molar-refractivity contribution in [3.63, 3.8) is 0 Å². The first-order valence-electron chi connectivity index (χ1n) is 4.45. The molecule has 0 heterocycles. The number of carbonyl (C=O) groups excluding carboxylic acids is 1. The molecule has 0 rings (SSSR count). The minimum absolute atomic E-state index is 0.0366. The number of carbonyl (C=O) groups is 1. The molecule has 1 N–H and O–H groups in total. The zero-order chi connectivity index (χ0) is 10.5. The molecule has 0 unspecified atom stereocenters. The van der Waals surface area contributed by atoms with E-state index in [9.17, 15) is 9.90 Å². The molecule has 0 aliphatic heterocycles. The molecule has 0 aromatic rings. The van der Waals surface area contributed by atoms with Gasteiger partial charge in [-0.3, -0.25) is 4.79 Å². The fraction of sp³-hybridized carbons (Fsp3) is 0.700. The van der Waals surface area contributed by atoms with Crippen molar-refractivity contribution in [1.82, 2.24) is 0 Å². The Hall–Kier alpha value is -0.990. The van der Waals surface area contributed by atoms with E-state index in [0.29, 0.717) is 6.42 Å². The third-order valence-corrected chi connectivity index (χ3v) is 1.19. The molecule has 0 spiro atoms. The van der Waals surface area contributed by atoms with Crippen LogP contribution in [0.3, 0.4) is 0 Å². The molecule has 0 bridgehead atoms. The molecule has 0 radical (unpaired) electrons. The number of aliphatic hydroxyl groups is 1. The Kier molecular flexibility index (Phi) is 4.52. The second kappa shape index (κ2) is 4.90. The Morgan fingerprint density at radius 3 is 2.38 bits per heavy atom. The molecule has 0 atom stereocenters. The molecule has 3 nitrogen and oxygen atoms in total. The molecule has 0 aromatic heterocycles. The summed E-state index contributed by atoms with van der Waals surface area (Å²) in [7, 11) is 0. The summed E-state index contributed by atoms with van der Waals surface area (Å²) in [6.07, 6.45) is 2.28. The number of esters is 1. The molecular weight excluding hydrogens is 168 g/mol. The van der Waals surface area contributed by atoms with Gasteiger partial charge in [-0.05, 0) is 33.3 Å². The number of ether oxygens (including phenoxy) is 1. The van der Waals surface area contributed by atoms with E-state index >= 15 is 0 Å². The first-order valence-corrected chi connectivity index (χ1v) is 4.45. The van der Waals surface area contributed by atoms with Crippen LogP contribution in [0.25, 0.3) is 0 Å². The zero-order valence-electron chi connectivity index (χ0n) is 8.76. The Bertz CT molecular complexity index is 199. The lowest BCUT2D eigenvalue weighted by molar-refractivity contribution is -0.154. The smallest absolute Gasteiger partial charge is 0.313 e. The lowest BCUT2D eigenvalue weighted by atomic mass is 10.2. The second-order valence-corrected chi connectivity index (χ2v) is 3.87. The van der Waals surface area contributed by atoms with Gasteiger partial charge in [0.2, 0.25) is 0 Å². The van der Waals surface area contributed by atoms with Crippen molar-refractivity contribution in [2.75, 3.05) is 0 Å². The maximum atomic E-state index is 11.1. The fourth-order valence-electron chi connectivity index (χ4n) is 0.833. The predicted molar refractivity (Wildman–Crippen MR) is 51.5 cm³/mol. The van der Waals surface area contributed by atoms with Crippen molar-refractivity contribution in [1.29, 1.82) is 0 Å². The summed E-state index contributed by atoms with van der Waals surface area (Å²) in [5.74, 6) is -0.313. The van der Waals surface area contributed by atoms with Gasteiger partial charge in [-0.2, -0.15) is 0 Å². The normalized spacial score (nSPS) is 12.8. The van der Waals surface area contributed by atoms with Crippen molar-refractivity contribution in [3.05, 3.63) is 11.8 Å². The van der Waals surface area contributed by atoms with E-state index in [1.165, 1.54) is 0 Å². The average Bonchev–Trinajstić information content (AvgIpc) is 1.81. The molecule has 0 fully saturated rings. The Labute approximate surface area is 79.4 Å². The lowest BCUT2D eigenvalue weighted by Gasteiger charge is -2.19. The van der Waals surface area contributed by atoms with Gasteiger partial charge in [-0.25, -0.2) is 0 Å². The van der Waals surface area contributed by atoms with Crippen molar-refractivity contribution >= 4 is 5.97 Å². The van der Waals surface area contributed by atoms with E-state index in [1.54, 1.807) is 26.8 Å². The van der Waals surface area contributed by atoms with Gasteiger partial charge in [0.25, 0.3) is 0 Å². The van der Waals surface area contributed by atoms with Gasteiger partial charge < -0.3 is 9.84 Å². The summed E-state index contributed by atoms with van der Waals surface area (Å²) in [6, 6.07) is 0. The quantitative estimate of drug-likeness (QED) is 0.544. The molecule has 0 saturated carbocycles. The highest BCUT2D eigenvalue weighted by Crippen LogP contribution is 2.10. The first kappa shape index (κ1) is 12.0. The van der Waals surface area contributed by atoms with Crippen molar-refractivity contribution in [2.24, 2.45) is 0 Å². The SMILES string of the molecule is CCC=C(O)CC(=O)OC(C)(C)C. The molecule has 0 aromatic carbocycles. The van der Waals surface area contributed by atoms with E-state index in [-0.39, 0.29) is 12.2 Å². The summed E-state index contributed by atoms with van der Waals surface area (Å²) in [4.78, 5) is 11.1. The summed E-state index contributed by atoms with van der Waals surface area (Å²) in [5.41, 5.74) is -0.483. The highest BCUT2D eigenvalue weighted by molar-refractivity contribution is 5.72. The molecule has 76 valence electrons. The number of allylic oxidation sites excluding steroid dienone is 1. The van der Waals surface area contributed by atoms with Crippen LogP contribution in [0, 0.1) is 0 Å². The van der Waals surface area contributed by atoms with Gasteiger partial charge in [0.15, 0.2) is 0 Å². The van der Waals surface area contributed by atoms with Gasteiger partial charge >= 0.3 is 5.97 Å². The Morgan fingerprint density at radius 2 is 2.00 bits per heavy atom. The lowest BCUT2D eigenvalue weighted by Crippen LogP contribution is -2.23. The maximum Gasteiger partial charge on any atom is 0.313 e. The van der Waals surface area contributed by atoms with E-state index in [1.807, 2.05) is 6.92 Å². The van der Waals surface area contributed by atoms with Crippen LogP contribution in [0.1, 0.15) is 40.5 Å². The highest BCUT2D eigenvalue weighted by atomic mass is 16.6. The van der Waals surface area contributed by atoms with Crippen LogP contribution >= 0.6 is 0 Å². The fourth-order valence-corrected chi connectivity index (χ4v) is 0.833. The topological polar surface area (TPSA) is 46.5 Å².